The number of carboxylic acid groups (broad SMARTS) is 1. The van der Waals surface area contributed by atoms with Crippen molar-refractivity contribution in [2.24, 2.45) is 0 Å². The molecule has 2 aromatic carbocycles. The Hall–Kier alpha value is -2.81. The number of hydrogen-bond acceptors (Lipinski definition) is 1. The fourth-order valence-corrected chi connectivity index (χ4v) is 2.66. The van der Waals surface area contributed by atoms with Crippen molar-refractivity contribution < 1.29 is 9.90 Å². The quantitative estimate of drug-likeness (QED) is 0.704. The maximum absolute atomic E-state index is 11.1. The van der Waals surface area contributed by atoms with E-state index in [9.17, 15) is 4.79 Å². The summed E-state index contributed by atoms with van der Waals surface area (Å²) in [5.74, 6) is -0.974. The highest BCUT2D eigenvalue weighted by Crippen LogP contribution is 2.31. The van der Waals surface area contributed by atoms with Crippen LogP contribution >= 0.6 is 0 Å². The molecule has 104 valence electrons. The van der Waals surface area contributed by atoms with E-state index in [1.165, 1.54) is 0 Å². The van der Waals surface area contributed by atoms with E-state index in [1.807, 2.05) is 30.3 Å². The number of aromatic nitrogens is 1. The summed E-state index contributed by atoms with van der Waals surface area (Å²) in [5, 5.41) is 11.3. The number of carboxylic acids is 1. The Morgan fingerprint density at radius 1 is 1.19 bits per heavy atom. The Morgan fingerprint density at radius 3 is 2.67 bits per heavy atom. The SMILES string of the molecule is C=Cc1ccc2c([nH]c3ccccc32)c1CC(=C)C(=O)O. The molecule has 0 bridgehead atoms. The summed E-state index contributed by atoms with van der Waals surface area (Å²) in [5.41, 5.74) is 4.01. The van der Waals surface area contributed by atoms with Crippen molar-refractivity contribution in [2.45, 2.75) is 6.42 Å². The summed E-state index contributed by atoms with van der Waals surface area (Å²) in [6, 6.07) is 12.0. The van der Waals surface area contributed by atoms with Gasteiger partial charge in [-0.25, -0.2) is 4.79 Å². The second-order valence-corrected chi connectivity index (χ2v) is 5.02. The fourth-order valence-electron chi connectivity index (χ4n) is 2.66. The normalized spacial score (nSPS) is 10.9. The van der Waals surface area contributed by atoms with Gasteiger partial charge < -0.3 is 10.1 Å². The maximum Gasteiger partial charge on any atom is 0.331 e. The summed E-state index contributed by atoms with van der Waals surface area (Å²) >= 11 is 0. The van der Waals surface area contributed by atoms with Gasteiger partial charge in [0, 0.05) is 28.3 Å². The average molecular weight is 277 g/mol. The lowest BCUT2D eigenvalue weighted by molar-refractivity contribution is -0.132. The standard InChI is InChI=1S/C18H15NO2/c1-3-12-8-9-14-13-6-4-5-7-16(13)19-17(14)15(12)10-11(2)18(20)21/h3-9,19H,1-2,10H2,(H,20,21). The van der Waals surface area contributed by atoms with E-state index in [2.05, 4.69) is 24.2 Å². The Bertz CT molecular complexity index is 887. The number of rotatable bonds is 4. The molecule has 1 heterocycles. The van der Waals surface area contributed by atoms with Gasteiger partial charge in [0.1, 0.15) is 0 Å². The van der Waals surface area contributed by atoms with Crippen LogP contribution in [0.2, 0.25) is 0 Å². The van der Waals surface area contributed by atoms with Crippen molar-refractivity contribution in [3.8, 4) is 0 Å². The Kier molecular flexibility index (Phi) is 3.10. The van der Waals surface area contributed by atoms with E-state index in [1.54, 1.807) is 6.08 Å². The van der Waals surface area contributed by atoms with E-state index in [4.69, 9.17) is 5.11 Å². The minimum atomic E-state index is -0.974. The molecule has 0 aliphatic carbocycles. The van der Waals surface area contributed by atoms with Gasteiger partial charge in [-0.3, -0.25) is 0 Å². The molecule has 0 atom stereocenters. The molecule has 3 aromatic rings. The lowest BCUT2D eigenvalue weighted by Gasteiger charge is -2.08. The smallest absolute Gasteiger partial charge is 0.331 e. The number of para-hydroxylation sites is 1. The molecule has 1 aromatic heterocycles. The van der Waals surface area contributed by atoms with E-state index in [0.717, 1.165) is 32.9 Å². The van der Waals surface area contributed by atoms with Gasteiger partial charge in [0.05, 0.1) is 5.52 Å². The minimum Gasteiger partial charge on any atom is -0.478 e. The Labute approximate surface area is 122 Å². The number of nitrogens with one attached hydrogen (secondary N) is 1. The van der Waals surface area contributed by atoms with E-state index in [0.29, 0.717) is 6.42 Å². The molecule has 3 heteroatoms. The lowest BCUT2D eigenvalue weighted by Crippen LogP contribution is -2.04. The molecule has 21 heavy (non-hydrogen) atoms. The number of fused-ring (bicyclic) bond motifs is 3. The molecule has 3 rings (SSSR count). The van der Waals surface area contributed by atoms with Gasteiger partial charge in [0.2, 0.25) is 0 Å². The number of carbonyl (C=O) groups is 1. The van der Waals surface area contributed by atoms with Crippen LogP contribution < -0.4 is 0 Å². The van der Waals surface area contributed by atoms with Crippen LogP contribution in [-0.2, 0) is 11.2 Å². The Morgan fingerprint density at radius 2 is 1.95 bits per heavy atom. The maximum atomic E-state index is 11.1. The number of aliphatic carboxylic acids is 1. The zero-order valence-electron chi connectivity index (χ0n) is 11.5. The number of aromatic amines is 1. The van der Waals surface area contributed by atoms with Crippen LogP contribution in [0, 0.1) is 0 Å². The largest absolute Gasteiger partial charge is 0.478 e. The summed E-state index contributed by atoms with van der Waals surface area (Å²) in [6.45, 7) is 7.45. The molecule has 0 fully saturated rings. The monoisotopic (exact) mass is 277 g/mol. The molecule has 0 unspecified atom stereocenters. The first kappa shape index (κ1) is 13.2. The molecule has 0 saturated carbocycles. The zero-order chi connectivity index (χ0) is 15.0. The topological polar surface area (TPSA) is 53.1 Å². The molecule has 0 aliphatic heterocycles. The van der Waals surface area contributed by atoms with Crippen LogP contribution in [0.1, 0.15) is 11.1 Å². The number of hydrogen-bond donors (Lipinski definition) is 2. The van der Waals surface area contributed by atoms with Crippen LogP contribution in [0.3, 0.4) is 0 Å². The van der Waals surface area contributed by atoms with Crippen LogP contribution in [0.25, 0.3) is 27.9 Å². The lowest BCUT2D eigenvalue weighted by atomic mass is 9.97. The minimum absolute atomic E-state index is 0.171. The molecule has 0 radical (unpaired) electrons. The highest BCUT2D eigenvalue weighted by atomic mass is 16.4. The van der Waals surface area contributed by atoms with Crippen molar-refractivity contribution in [1.82, 2.24) is 4.98 Å². The van der Waals surface area contributed by atoms with Gasteiger partial charge in [-0.1, -0.05) is 49.6 Å². The zero-order valence-corrected chi connectivity index (χ0v) is 11.5. The molecular weight excluding hydrogens is 262 g/mol. The fraction of sp³-hybridized carbons (Fsp3) is 0.0556. The van der Waals surface area contributed by atoms with Crippen molar-refractivity contribution in [3.63, 3.8) is 0 Å². The summed E-state index contributed by atoms with van der Waals surface area (Å²) < 4.78 is 0. The molecule has 3 nitrogen and oxygen atoms in total. The summed E-state index contributed by atoms with van der Waals surface area (Å²) in [6.07, 6.45) is 2.04. The first-order chi connectivity index (χ1) is 10.1. The van der Waals surface area contributed by atoms with E-state index >= 15 is 0 Å². The van der Waals surface area contributed by atoms with Gasteiger partial charge in [0.25, 0.3) is 0 Å². The van der Waals surface area contributed by atoms with Gasteiger partial charge >= 0.3 is 5.97 Å². The molecule has 0 amide bonds. The molecule has 0 saturated heterocycles. The second kappa shape index (κ2) is 4.94. The van der Waals surface area contributed by atoms with Gasteiger partial charge in [-0.15, -0.1) is 0 Å². The van der Waals surface area contributed by atoms with Gasteiger partial charge in [-0.2, -0.15) is 0 Å². The Balaban J connectivity index is 2.30. The average Bonchev–Trinajstić information content (AvgIpc) is 2.86. The third-order valence-electron chi connectivity index (χ3n) is 3.74. The first-order valence-corrected chi connectivity index (χ1v) is 6.67. The van der Waals surface area contributed by atoms with E-state index in [-0.39, 0.29) is 5.57 Å². The van der Waals surface area contributed by atoms with Crippen molar-refractivity contribution in [2.75, 3.05) is 0 Å². The van der Waals surface area contributed by atoms with Gasteiger partial charge in [-0.05, 0) is 17.2 Å². The summed E-state index contributed by atoms with van der Waals surface area (Å²) in [7, 11) is 0. The highest BCUT2D eigenvalue weighted by Gasteiger charge is 2.14. The summed E-state index contributed by atoms with van der Waals surface area (Å²) in [4.78, 5) is 14.5. The van der Waals surface area contributed by atoms with Crippen molar-refractivity contribution in [3.05, 3.63) is 66.3 Å². The molecule has 0 aliphatic rings. The van der Waals surface area contributed by atoms with Gasteiger partial charge in [0.15, 0.2) is 0 Å². The molecular formula is C18H15NO2. The second-order valence-electron chi connectivity index (χ2n) is 5.02. The predicted molar refractivity (Wildman–Crippen MR) is 86.4 cm³/mol. The van der Waals surface area contributed by atoms with Crippen LogP contribution in [-0.4, -0.2) is 16.1 Å². The molecule has 2 N–H and O–H groups in total. The number of benzene rings is 2. The number of H-pyrrole nitrogens is 1. The third kappa shape index (κ3) is 2.13. The van der Waals surface area contributed by atoms with Crippen LogP contribution in [0.5, 0.6) is 0 Å². The highest BCUT2D eigenvalue weighted by molar-refractivity contribution is 6.09. The van der Waals surface area contributed by atoms with Crippen molar-refractivity contribution >= 4 is 33.9 Å². The van der Waals surface area contributed by atoms with Crippen LogP contribution in [0.4, 0.5) is 0 Å². The first-order valence-electron chi connectivity index (χ1n) is 6.67. The van der Waals surface area contributed by atoms with E-state index < -0.39 is 5.97 Å². The van der Waals surface area contributed by atoms with Crippen LogP contribution in [0.15, 0.2) is 55.1 Å². The third-order valence-corrected chi connectivity index (χ3v) is 3.74. The van der Waals surface area contributed by atoms with Crippen molar-refractivity contribution in [1.29, 1.82) is 0 Å². The molecule has 0 spiro atoms. The predicted octanol–water partition coefficient (Wildman–Crippen LogP) is 4.15.